The molecule has 20 heavy (non-hydrogen) atoms. The number of aromatic nitrogens is 1. The van der Waals surface area contributed by atoms with E-state index < -0.39 is 12.1 Å². The molecular formula is C13H18F3N3O. The Morgan fingerprint density at radius 1 is 1.25 bits per heavy atom. The number of amides is 1. The van der Waals surface area contributed by atoms with E-state index in [1.807, 2.05) is 18.7 Å². The van der Waals surface area contributed by atoms with Gasteiger partial charge in [0.05, 0.1) is 11.4 Å². The van der Waals surface area contributed by atoms with Crippen molar-refractivity contribution in [1.29, 1.82) is 0 Å². The van der Waals surface area contributed by atoms with E-state index in [9.17, 15) is 18.0 Å². The van der Waals surface area contributed by atoms with Gasteiger partial charge in [0.25, 0.3) is 0 Å². The molecule has 0 bridgehead atoms. The molecule has 7 heteroatoms. The van der Waals surface area contributed by atoms with Crippen LogP contribution in [0.3, 0.4) is 0 Å². The Morgan fingerprint density at radius 2 is 1.80 bits per heavy atom. The van der Waals surface area contributed by atoms with Crippen molar-refractivity contribution in [1.82, 2.24) is 4.98 Å². The van der Waals surface area contributed by atoms with Crippen molar-refractivity contribution in [3.8, 4) is 0 Å². The van der Waals surface area contributed by atoms with Gasteiger partial charge in [-0.15, -0.1) is 0 Å². The number of alkyl halides is 3. The highest BCUT2D eigenvalue weighted by atomic mass is 19.4. The van der Waals surface area contributed by atoms with Crippen molar-refractivity contribution in [2.75, 3.05) is 29.9 Å². The van der Waals surface area contributed by atoms with E-state index in [-0.39, 0.29) is 5.69 Å². The maximum Gasteiger partial charge on any atom is 0.471 e. The summed E-state index contributed by atoms with van der Waals surface area (Å²) in [6.45, 7) is 7.02. The summed E-state index contributed by atoms with van der Waals surface area (Å²) in [5.74, 6) is -1.22. The lowest BCUT2D eigenvalue weighted by molar-refractivity contribution is -0.170. The van der Waals surface area contributed by atoms with E-state index in [0.717, 1.165) is 20.1 Å². The zero-order valence-electron chi connectivity index (χ0n) is 12.0. The van der Waals surface area contributed by atoms with Crippen molar-refractivity contribution in [3.05, 3.63) is 17.8 Å². The smallest absolute Gasteiger partial charge is 0.357 e. The first-order valence-electron chi connectivity index (χ1n) is 6.29. The molecule has 0 saturated carbocycles. The minimum Gasteiger partial charge on any atom is -0.357 e. The lowest BCUT2D eigenvalue weighted by atomic mass is 10.2. The second-order valence-electron chi connectivity index (χ2n) is 4.31. The Kier molecular flexibility index (Phi) is 4.97. The lowest BCUT2D eigenvalue weighted by Gasteiger charge is -2.24. The van der Waals surface area contributed by atoms with E-state index >= 15 is 0 Å². The standard InChI is InChI=1S/C13H18F3N3O/c1-5-19(6-2)11-8-7-10(9(3)17-11)18(4)12(20)13(14,15)16/h7-8H,5-6H2,1-4H3. The molecule has 0 fully saturated rings. The zero-order valence-corrected chi connectivity index (χ0v) is 12.0. The summed E-state index contributed by atoms with van der Waals surface area (Å²) in [6.07, 6.45) is -4.89. The van der Waals surface area contributed by atoms with E-state index in [4.69, 9.17) is 0 Å². The number of nitrogens with zero attached hydrogens (tertiary/aromatic N) is 3. The summed E-state index contributed by atoms with van der Waals surface area (Å²) in [5.41, 5.74) is 0.540. The summed E-state index contributed by atoms with van der Waals surface area (Å²) in [4.78, 5) is 18.0. The van der Waals surface area contributed by atoms with Gasteiger partial charge in [-0.1, -0.05) is 0 Å². The number of hydrogen-bond acceptors (Lipinski definition) is 3. The second-order valence-corrected chi connectivity index (χ2v) is 4.31. The highest BCUT2D eigenvalue weighted by Gasteiger charge is 2.42. The number of aryl methyl sites for hydroxylation is 1. The van der Waals surface area contributed by atoms with Gasteiger partial charge in [0, 0.05) is 20.1 Å². The Balaban J connectivity index is 3.08. The zero-order chi connectivity index (χ0) is 15.5. The Bertz CT molecular complexity index is 484. The molecule has 1 amide bonds. The van der Waals surface area contributed by atoms with Crippen LogP contribution in [-0.4, -0.2) is 37.2 Å². The third kappa shape index (κ3) is 3.40. The van der Waals surface area contributed by atoms with Crippen LogP contribution in [0.1, 0.15) is 19.5 Å². The van der Waals surface area contributed by atoms with Crippen LogP contribution >= 0.6 is 0 Å². The van der Waals surface area contributed by atoms with E-state index in [2.05, 4.69) is 4.98 Å². The fourth-order valence-electron chi connectivity index (χ4n) is 1.92. The predicted octanol–water partition coefficient (Wildman–Crippen LogP) is 2.76. The first kappa shape index (κ1) is 16.3. The summed E-state index contributed by atoms with van der Waals surface area (Å²) >= 11 is 0. The predicted molar refractivity (Wildman–Crippen MR) is 72.0 cm³/mol. The molecule has 1 rings (SSSR count). The molecule has 0 saturated heterocycles. The Hall–Kier alpha value is -1.79. The molecule has 4 nitrogen and oxygen atoms in total. The number of carbonyl (C=O) groups excluding carboxylic acids is 1. The van der Waals surface area contributed by atoms with Crippen molar-refractivity contribution >= 4 is 17.4 Å². The van der Waals surface area contributed by atoms with Crippen LogP contribution in [0.4, 0.5) is 24.7 Å². The van der Waals surface area contributed by atoms with Crippen LogP contribution in [0.2, 0.25) is 0 Å². The van der Waals surface area contributed by atoms with Gasteiger partial charge in [0.2, 0.25) is 0 Å². The molecule has 1 aromatic rings. The van der Waals surface area contributed by atoms with E-state index in [1.54, 1.807) is 13.0 Å². The monoisotopic (exact) mass is 289 g/mol. The van der Waals surface area contributed by atoms with Gasteiger partial charge in [-0.3, -0.25) is 4.79 Å². The average Bonchev–Trinajstić information content (AvgIpc) is 2.37. The van der Waals surface area contributed by atoms with Crippen molar-refractivity contribution in [2.24, 2.45) is 0 Å². The van der Waals surface area contributed by atoms with Gasteiger partial charge < -0.3 is 9.80 Å². The third-order valence-electron chi connectivity index (χ3n) is 3.04. The van der Waals surface area contributed by atoms with Gasteiger partial charge in [-0.25, -0.2) is 4.98 Å². The van der Waals surface area contributed by atoms with Crippen molar-refractivity contribution in [3.63, 3.8) is 0 Å². The lowest BCUT2D eigenvalue weighted by Crippen LogP contribution is -2.39. The van der Waals surface area contributed by atoms with E-state index in [1.165, 1.54) is 6.07 Å². The number of pyridine rings is 1. The number of halogens is 3. The molecule has 1 aromatic heterocycles. The van der Waals surface area contributed by atoms with E-state index in [0.29, 0.717) is 16.4 Å². The molecule has 0 spiro atoms. The summed E-state index contributed by atoms with van der Waals surface area (Å²) < 4.78 is 37.2. The fraction of sp³-hybridized carbons (Fsp3) is 0.538. The van der Waals surface area contributed by atoms with Gasteiger partial charge in [0.1, 0.15) is 5.82 Å². The molecule has 0 atom stereocenters. The van der Waals surface area contributed by atoms with Gasteiger partial charge in [-0.05, 0) is 32.9 Å². The van der Waals surface area contributed by atoms with Crippen LogP contribution in [0.5, 0.6) is 0 Å². The molecule has 0 aromatic carbocycles. The third-order valence-corrected chi connectivity index (χ3v) is 3.04. The minimum atomic E-state index is -4.89. The first-order valence-corrected chi connectivity index (χ1v) is 6.29. The number of hydrogen-bond donors (Lipinski definition) is 0. The Morgan fingerprint density at radius 3 is 2.20 bits per heavy atom. The highest BCUT2D eigenvalue weighted by molar-refractivity contribution is 5.97. The Labute approximate surface area is 116 Å². The molecular weight excluding hydrogens is 271 g/mol. The van der Waals surface area contributed by atoms with Crippen LogP contribution in [-0.2, 0) is 4.79 Å². The van der Waals surface area contributed by atoms with Crippen molar-refractivity contribution in [2.45, 2.75) is 26.9 Å². The number of rotatable bonds is 4. The summed E-state index contributed by atoms with van der Waals surface area (Å²) in [6, 6.07) is 3.11. The highest BCUT2D eigenvalue weighted by Crippen LogP contribution is 2.26. The van der Waals surface area contributed by atoms with Gasteiger partial charge in [-0.2, -0.15) is 13.2 Å². The van der Waals surface area contributed by atoms with Gasteiger partial charge in [0.15, 0.2) is 0 Å². The normalized spacial score (nSPS) is 11.3. The average molecular weight is 289 g/mol. The van der Waals surface area contributed by atoms with Crippen LogP contribution in [0.25, 0.3) is 0 Å². The number of carbonyl (C=O) groups is 1. The molecule has 0 N–H and O–H groups in total. The minimum absolute atomic E-state index is 0.156. The van der Waals surface area contributed by atoms with Crippen LogP contribution < -0.4 is 9.80 Å². The summed E-state index contributed by atoms with van der Waals surface area (Å²) in [7, 11) is 1.09. The van der Waals surface area contributed by atoms with Crippen LogP contribution in [0, 0.1) is 6.92 Å². The van der Waals surface area contributed by atoms with Crippen LogP contribution in [0.15, 0.2) is 12.1 Å². The van der Waals surface area contributed by atoms with Crippen molar-refractivity contribution < 1.29 is 18.0 Å². The molecule has 1 heterocycles. The molecule has 0 aliphatic heterocycles. The SMILES string of the molecule is CCN(CC)c1ccc(N(C)C(=O)C(F)(F)F)c(C)n1. The quantitative estimate of drug-likeness (QED) is 0.855. The molecule has 0 aliphatic carbocycles. The van der Waals surface area contributed by atoms with Gasteiger partial charge >= 0.3 is 12.1 Å². The number of anilines is 2. The second kappa shape index (κ2) is 6.11. The fourth-order valence-corrected chi connectivity index (χ4v) is 1.92. The molecule has 112 valence electrons. The first-order chi connectivity index (χ1) is 9.22. The maximum atomic E-state index is 12.4. The summed E-state index contributed by atoms with van der Waals surface area (Å²) in [5, 5.41) is 0. The molecule has 0 aliphatic rings. The largest absolute Gasteiger partial charge is 0.471 e. The molecule has 0 unspecified atom stereocenters. The molecule has 0 radical (unpaired) electrons. The topological polar surface area (TPSA) is 36.4 Å². The maximum absolute atomic E-state index is 12.4.